The molecule has 4 rings (SSSR count). The molecule has 0 aromatic carbocycles. The summed E-state index contributed by atoms with van der Waals surface area (Å²) in [5.74, 6) is 6.14. The molecule has 3 saturated carbocycles. The van der Waals surface area contributed by atoms with Crippen LogP contribution in [0.3, 0.4) is 0 Å². The first-order valence-electron chi connectivity index (χ1n) is 15.3. The highest BCUT2D eigenvalue weighted by atomic mass is 15.3. The Morgan fingerprint density at radius 1 is 1.00 bits per heavy atom. The molecule has 2 heteroatoms. The van der Waals surface area contributed by atoms with E-state index in [4.69, 9.17) is 5.10 Å². The van der Waals surface area contributed by atoms with Crippen molar-refractivity contribution >= 4 is 0 Å². The molecule has 0 N–H and O–H groups in total. The van der Waals surface area contributed by atoms with Crippen LogP contribution in [0.15, 0.2) is 12.4 Å². The molecule has 9 atom stereocenters. The molecule has 0 radical (unpaired) electrons. The first kappa shape index (κ1) is 26.3. The van der Waals surface area contributed by atoms with Crippen molar-refractivity contribution in [2.24, 2.45) is 46.3 Å². The van der Waals surface area contributed by atoms with E-state index >= 15 is 0 Å². The molecule has 9 unspecified atom stereocenters. The standard InChI is InChI=1S/C32H56N2/c1-8-11-12-26-13-14-27-29-16-15-28(24(5)21-34-22-25(20-33-34)23(4)10-3)32(29,7)19-17-30(27)31(26,6)18-9-2/h20,22-24,26-30H,8-19,21H2,1-7H3. The van der Waals surface area contributed by atoms with Gasteiger partial charge in [0.1, 0.15) is 0 Å². The third-order valence-electron chi connectivity index (χ3n) is 11.8. The van der Waals surface area contributed by atoms with Crippen LogP contribution in [-0.2, 0) is 6.54 Å². The Labute approximate surface area is 212 Å². The van der Waals surface area contributed by atoms with Gasteiger partial charge in [-0.3, -0.25) is 4.68 Å². The summed E-state index contributed by atoms with van der Waals surface area (Å²) in [4.78, 5) is 0. The van der Waals surface area contributed by atoms with Gasteiger partial charge in [0.25, 0.3) is 0 Å². The van der Waals surface area contributed by atoms with Crippen molar-refractivity contribution in [3.8, 4) is 0 Å². The van der Waals surface area contributed by atoms with Crippen molar-refractivity contribution in [2.75, 3.05) is 0 Å². The van der Waals surface area contributed by atoms with Crippen LogP contribution < -0.4 is 0 Å². The van der Waals surface area contributed by atoms with Gasteiger partial charge in [0.2, 0.25) is 0 Å². The van der Waals surface area contributed by atoms with Gasteiger partial charge in [-0.1, -0.05) is 67.7 Å². The molecule has 2 nitrogen and oxygen atoms in total. The summed E-state index contributed by atoms with van der Waals surface area (Å²) in [7, 11) is 0. The lowest BCUT2D eigenvalue weighted by molar-refractivity contribution is -0.106. The van der Waals surface area contributed by atoms with Crippen LogP contribution in [0, 0.1) is 46.3 Å². The first-order valence-corrected chi connectivity index (χ1v) is 15.3. The van der Waals surface area contributed by atoms with Gasteiger partial charge in [0.15, 0.2) is 0 Å². The largest absolute Gasteiger partial charge is 0.272 e. The number of unbranched alkanes of at least 4 members (excludes halogenated alkanes) is 1. The molecular weight excluding hydrogens is 412 g/mol. The summed E-state index contributed by atoms with van der Waals surface area (Å²) in [5, 5.41) is 4.78. The van der Waals surface area contributed by atoms with Crippen LogP contribution in [0.25, 0.3) is 0 Å². The maximum absolute atomic E-state index is 4.78. The van der Waals surface area contributed by atoms with Crippen molar-refractivity contribution < 1.29 is 0 Å². The highest BCUT2D eigenvalue weighted by molar-refractivity contribution is 5.11. The highest BCUT2D eigenvalue weighted by Crippen LogP contribution is 2.67. The lowest BCUT2D eigenvalue weighted by Gasteiger charge is -2.60. The molecule has 34 heavy (non-hydrogen) atoms. The highest BCUT2D eigenvalue weighted by Gasteiger charge is 2.59. The van der Waals surface area contributed by atoms with E-state index in [0.29, 0.717) is 16.7 Å². The molecule has 1 aromatic heterocycles. The quantitative estimate of drug-likeness (QED) is 0.334. The number of fused-ring (bicyclic) bond motifs is 3. The normalized spacial score (nSPS) is 39.4. The van der Waals surface area contributed by atoms with Crippen molar-refractivity contribution in [2.45, 2.75) is 138 Å². The summed E-state index contributed by atoms with van der Waals surface area (Å²) < 4.78 is 2.27. The molecule has 1 aromatic rings. The van der Waals surface area contributed by atoms with Crippen molar-refractivity contribution in [3.05, 3.63) is 18.0 Å². The number of rotatable bonds is 10. The molecule has 3 aliphatic carbocycles. The lowest BCUT2D eigenvalue weighted by atomic mass is 9.45. The molecule has 0 aliphatic heterocycles. The third kappa shape index (κ3) is 4.66. The van der Waals surface area contributed by atoms with Gasteiger partial charge in [0, 0.05) is 12.7 Å². The number of nitrogens with zero attached hydrogens (tertiary/aromatic N) is 2. The van der Waals surface area contributed by atoms with Gasteiger partial charge in [-0.25, -0.2) is 0 Å². The minimum absolute atomic E-state index is 0.552. The topological polar surface area (TPSA) is 17.8 Å². The summed E-state index contributed by atoms with van der Waals surface area (Å²) in [6.45, 7) is 18.5. The number of aromatic nitrogens is 2. The van der Waals surface area contributed by atoms with E-state index in [-0.39, 0.29) is 0 Å². The first-order chi connectivity index (χ1) is 16.3. The average Bonchev–Trinajstić information content (AvgIpc) is 3.42. The van der Waals surface area contributed by atoms with E-state index in [0.717, 1.165) is 42.1 Å². The Kier molecular flexibility index (Phi) is 8.25. The van der Waals surface area contributed by atoms with Crippen LogP contribution in [-0.4, -0.2) is 9.78 Å². The fourth-order valence-electron chi connectivity index (χ4n) is 9.75. The van der Waals surface area contributed by atoms with Crippen LogP contribution >= 0.6 is 0 Å². The zero-order valence-corrected chi connectivity index (χ0v) is 23.8. The van der Waals surface area contributed by atoms with Crippen LogP contribution in [0.4, 0.5) is 0 Å². The maximum Gasteiger partial charge on any atom is 0.0524 e. The SMILES string of the molecule is CCCCC1CCC2C(CCC3(C)C(C(C)Cn4cc(C(C)CC)cn4)CCC23)C1(C)CCC. The summed E-state index contributed by atoms with van der Waals surface area (Å²) in [6, 6.07) is 0. The Hall–Kier alpha value is -0.790. The molecular formula is C32H56N2. The third-order valence-corrected chi connectivity index (χ3v) is 11.8. The minimum atomic E-state index is 0.552. The number of hydrogen-bond donors (Lipinski definition) is 0. The maximum atomic E-state index is 4.78. The van der Waals surface area contributed by atoms with E-state index < -0.39 is 0 Å². The van der Waals surface area contributed by atoms with Crippen molar-refractivity contribution in [1.82, 2.24) is 9.78 Å². The summed E-state index contributed by atoms with van der Waals surface area (Å²) in [6.07, 6.45) is 21.7. The lowest BCUT2D eigenvalue weighted by Crippen LogP contribution is -2.52. The predicted octanol–water partition coefficient (Wildman–Crippen LogP) is 9.50. The van der Waals surface area contributed by atoms with Gasteiger partial charge in [0.05, 0.1) is 6.20 Å². The second-order valence-electron chi connectivity index (χ2n) is 13.6. The van der Waals surface area contributed by atoms with E-state index in [1.54, 1.807) is 0 Å². The van der Waals surface area contributed by atoms with Gasteiger partial charge < -0.3 is 0 Å². The van der Waals surface area contributed by atoms with E-state index in [2.05, 4.69) is 65.5 Å². The van der Waals surface area contributed by atoms with Gasteiger partial charge in [-0.2, -0.15) is 5.10 Å². The smallest absolute Gasteiger partial charge is 0.0524 e. The van der Waals surface area contributed by atoms with Crippen LogP contribution in [0.2, 0.25) is 0 Å². The molecule has 1 heterocycles. The van der Waals surface area contributed by atoms with E-state index in [1.807, 2.05) is 0 Å². The van der Waals surface area contributed by atoms with Crippen molar-refractivity contribution in [1.29, 1.82) is 0 Å². The Morgan fingerprint density at radius 2 is 1.79 bits per heavy atom. The minimum Gasteiger partial charge on any atom is -0.272 e. The Morgan fingerprint density at radius 3 is 2.50 bits per heavy atom. The zero-order chi connectivity index (χ0) is 24.5. The van der Waals surface area contributed by atoms with Crippen LogP contribution in [0.1, 0.15) is 137 Å². The Bertz CT molecular complexity index is 782. The van der Waals surface area contributed by atoms with Crippen molar-refractivity contribution in [3.63, 3.8) is 0 Å². The molecule has 194 valence electrons. The Balaban J connectivity index is 1.48. The number of hydrogen-bond acceptors (Lipinski definition) is 1. The zero-order valence-electron chi connectivity index (χ0n) is 23.8. The van der Waals surface area contributed by atoms with E-state index in [9.17, 15) is 0 Å². The van der Waals surface area contributed by atoms with Gasteiger partial charge in [-0.15, -0.1) is 0 Å². The summed E-state index contributed by atoms with van der Waals surface area (Å²) in [5.41, 5.74) is 2.57. The molecule has 0 saturated heterocycles. The van der Waals surface area contributed by atoms with Crippen LogP contribution in [0.5, 0.6) is 0 Å². The second kappa shape index (κ2) is 10.7. The fraction of sp³-hybridized carbons (Fsp3) is 0.906. The fourth-order valence-corrected chi connectivity index (χ4v) is 9.75. The summed E-state index contributed by atoms with van der Waals surface area (Å²) >= 11 is 0. The molecule has 0 bridgehead atoms. The molecule has 0 amide bonds. The average molecular weight is 469 g/mol. The molecule has 3 fully saturated rings. The van der Waals surface area contributed by atoms with Gasteiger partial charge >= 0.3 is 0 Å². The molecule has 0 spiro atoms. The monoisotopic (exact) mass is 468 g/mol. The van der Waals surface area contributed by atoms with E-state index in [1.165, 1.54) is 82.6 Å². The van der Waals surface area contributed by atoms with Gasteiger partial charge in [-0.05, 0) is 116 Å². The molecule has 3 aliphatic rings. The predicted molar refractivity (Wildman–Crippen MR) is 146 cm³/mol. The second-order valence-corrected chi connectivity index (χ2v) is 13.6.